The van der Waals surface area contributed by atoms with Gasteiger partial charge < -0.3 is 4.74 Å². The van der Waals surface area contributed by atoms with Gasteiger partial charge in [0.2, 0.25) is 0 Å². The highest BCUT2D eigenvalue weighted by atomic mass is 16.5. The van der Waals surface area contributed by atoms with E-state index in [1.807, 2.05) is 66.7 Å². The van der Waals surface area contributed by atoms with Crippen molar-refractivity contribution < 1.29 is 9.53 Å². The number of ether oxygens (including phenoxy) is 1. The van der Waals surface area contributed by atoms with Gasteiger partial charge in [0, 0.05) is 11.6 Å². The third-order valence-electron chi connectivity index (χ3n) is 4.03. The van der Waals surface area contributed by atoms with Crippen LogP contribution in [0.15, 0.2) is 91.1 Å². The Morgan fingerprint density at radius 2 is 1.52 bits per heavy atom. The highest BCUT2D eigenvalue weighted by Crippen LogP contribution is 2.22. The fraction of sp³-hybridized carbons (Fsp3) is 0. The molecule has 27 heavy (non-hydrogen) atoms. The van der Waals surface area contributed by atoms with Gasteiger partial charge in [0.15, 0.2) is 0 Å². The number of hydrogen-bond donors (Lipinski definition) is 0. The summed E-state index contributed by atoms with van der Waals surface area (Å²) in [6.07, 6.45) is 4.88. The first kappa shape index (κ1) is 16.7. The van der Waals surface area contributed by atoms with Crippen LogP contribution in [0.5, 0.6) is 5.75 Å². The van der Waals surface area contributed by atoms with Gasteiger partial charge in [0.25, 0.3) is 0 Å². The average Bonchev–Trinajstić information content (AvgIpc) is 2.73. The Hall–Kier alpha value is -3.79. The van der Waals surface area contributed by atoms with Crippen molar-refractivity contribution in [1.29, 1.82) is 0 Å². The van der Waals surface area contributed by atoms with Crippen molar-refractivity contribution in [3.05, 3.63) is 96.7 Å². The van der Waals surface area contributed by atoms with Crippen molar-refractivity contribution in [3.63, 3.8) is 0 Å². The van der Waals surface area contributed by atoms with Gasteiger partial charge in [-0.25, -0.2) is 9.78 Å². The molecule has 130 valence electrons. The van der Waals surface area contributed by atoms with Gasteiger partial charge in [0.1, 0.15) is 5.75 Å². The average molecular weight is 352 g/mol. The number of esters is 1. The van der Waals surface area contributed by atoms with Gasteiger partial charge in [0.05, 0.1) is 22.9 Å². The van der Waals surface area contributed by atoms with Gasteiger partial charge >= 0.3 is 5.97 Å². The molecule has 4 heteroatoms. The molecule has 0 aliphatic rings. The summed E-state index contributed by atoms with van der Waals surface area (Å²) < 4.78 is 5.34. The number of hydrogen-bond acceptors (Lipinski definition) is 4. The summed E-state index contributed by atoms with van der Waals surface area (Å²) in [7, 11) is 0. The van der Waals surface area contributed by atoms with Crippen LogP contribution in [0.2, 0.25) is 0 Å². The second-order valence-corrected chi connectivity index (χ2v) is 5.93. The third kappa shape index (κ3) is 4.07. The molecule has 0 spiro atoms. The zero-order valence-corrected chi connectivity index (χ0v) is 14.4. The van der Waals surface area contributed by atoms with Crippen LogP contribution in [0, 0.1) is 0 Å². The summed E-state index contributed by atoms with van der Waals surface area (Å²) in [4.78, 5) is 21.0. The maximum Gasteiger partial charge on any atom is 0.336 e. The van der Waals surface area contributed by atoms with E-state index in [-0.39, 0.29) is 0 Å². The molecule has 0 saturated carbocycles. The number of carbonyl (C=O) groups is 1. The summed E-state index contributed by atoms with van der Waals surface area (Å²) in [6, 6.07) is 24.6. The molecule has 0 unspecified atom stereocenters. The first-order chi connectivity index (χ1) is 13.3. The molecule has 0 saturated heterocycles. The van der Waals surface area contributed by atoms with Crippen molar-refractivity contribution >= 4 is 23.1 Å². The summed E-state index contributed by atoms with van der Waals surface area (Å²) in [5.74, 6) is 0.0623. The van der Waals surface area contributed by atoms with E-state index in [2.05, 4.69) is 9.97 Å². The number of fused-ring (bicyclic) bond motifs is 1. The van der Waals surface area contributed by atoms with E-state index in [9.17, 15) is 4.79 Å². The SMILES string of the molecule is O=C(C=Cc1ccccc1)Oc1ccc(-c2cnc3ccccc3n2)cc1. The van der Waals surface area contributed by atoms with E-state index in [4.69, 9.17) is 4.74 Å². The minimum absolute atomic E-state index is 0.419. The summed E-state index contributed by atoms with van der Waals surface area (Å²) in [5.41, 5.74) is 4.33. The normalized spacial score (nSPS) is 11.0. The largest absolute Gasteiger partial charge is 0.423 e. The molecule has 0 amide bonds. The van der Waals surface area contributed by atoms with E-state index in [1.54, 1.807) is 24.4 Å². The van der Waals surface area contributed by atoms with Crippen molar-refractivity contribution in [2.24, 2.45) is 0 Å². The van der Waals surface area contributed by atoms with Crippen molar-refractivity contribution in [1.82, 2.24) is 9.97 Å². The third-order valence-corrected chi connectivity index (χ3v) is 4.03. The maximum absolute atomic E-state index is 12.0. The quantitative estimate of drug-likeness (QED) is 0.297. The number of carbonyl (C=O) groups excluding carboxylic acids is 1. The van der Waals surface area contributed by atoms with Crippen LogP contribution in [0.3, 0.4) is 0 Å². The standard InChI is InChI=1S/C23H16N2O2/c26-23(15-10-17-6-2-1-3-7-17)27-19-13-11-18(12-14-19)22-16-24-20-8-4-5-9-21(20)25-22/h1-16H. The van der Waals surface area contributed by atoms with E-state index in [1.165, 1.54) is 6.08 Å². The van der Waals surface area contributed by atoms with Gasteiger partial charge in [-0.1, -0.05) is 42.5 Å². The lowest BCUT2D eigenvalue weighted by molar-refractivity contribution is -0.128. The highest BCUT2D eigenvalue weighted by Gasteiger charge is 2.05. The van der Waals surface area contributed by atoms with E-state index >= 15 is 0 Å². The zero-order chi connectivity index (χ0) is 18.5. The molecular formula is C23H16N2O2. The smallest absolute Gasteiger partial charge is 0.336 e. The molecule has 0 aliphatic carbocycles. The van der Waals surface area contributed by atoms with Gasteiger partial charge in [-0.15, -0.1) is 0 Å². The van der Waals surface area contributed by atoms with E-state index in [0.717, 1.165) is 27.9 Å². The van der Waals surface area contributed by atoms with Gasteiger partial charge in [-0.05, 0) is 48.0 Å². The fourth-order valence-electron chi connectivity index (χ4n) is 2.67. The summed E-state index contributed by atoms with van der Waals surface area (Å²) in [5, 5.41) is 0. The summed E-state index contributed by atoms with van der Waals surface area (Å²) >= 11 is 0. The monoisotopic (exact) mass is 352 g/mol. The van der Waals surface area contributed by atoms with Crippen LogP contribution in [-0.4, -0.2) is 15.9 Å². The first-order valence-electron chi connectivity index (χ1n) is 8.55. The second kappa shape index (κ2) is 7.62. The van der Waals surface area contributed by atoms with E-state index in [0.29, 0.717) is 5.75 Å². The molecule has 1 aromatic heterocycles. The lowest BCUT2D eigenvalue weighted by atomic mass is 10.1. The van der Waals surface area contributed by atoms with Gasteiger partial charge in [-0.2, -0.15) is 0 Å². The van der Waals surface area contributed by atoms with Crippen LogP contribution >= 0.6 is 0 Å². The molecule has 4 nitrogen and oxygen atoms in total. The first-order valence-corrected chi connectivity index (χ1v) is 8.55. The molecule has 0 radical (unpaired) electrons. The molecule has 4 aromatic rings. The van der Waals surface area contributed by atoms with Crippen molar-refractivity contribution in [2.75, 3.05) is 0 Å². The van der Waals surface area contributed by atoms with Crippen molar-refractivity contribution in [2.45, 2.75) is 0 Å². The van der Waals surface area contributed by atoms with Crippen molar-refractivity contribution in [3.8, 4) is 17.0 Å². The Balaban J connectivity index is 1.46. The lowest BCUT2D eigenvalue weighted by Crippen LogP contribution is -2.03. The Kier molecular flexibility index (Phi) is 4.70. The Labute approximate surface area is 156 Å². The number of benzene rings is 3. The number of para-hydroxylation sites is 2. The summed E-state index contributed by atoms with van der Waals surface area (Å²) in [6.45, 7) is 0. The molecule has 1 heterocycles. The Bertz CT molecular complexity index is 1100. The predicted molar refractivity (Wildman–Crippen MR) is 106 cm³/mol. The van der Waals surface area contributed by atoms with Crippen LogP contribution in [-0.2, 0) is 4.79 Å². The molecule has 0 fully saturated rings. The van der Waals surface area contributed by atoms with Crippen LogP contribution in [0.1, 0.15) is 5.56 Å². The molecule has 0 N–H and O–H groups in total. The number of nitrogens with zero attached hydrogens (tertiary/aromatic N) is 2. The number of aromatic nitrogens is 2. The Morgan fingerprint density at radius 1 is 0.815 bits per heavy atom. The van der Waals surface area contributed by atoms with Gasteiger partial charge in [-0.3, -0.25) is 4.98 Å². The predicted octanol–water partition coefficient (Wildman–Crippen LogP) is 4.92. The van der Waals surface area contributed by atoms with Crippen LogP contribution in [0.4, 0.5) is 0 Å². The minimum Gasteiger partial charge on any atom is -0.423 e. The fourth-order valence-corrected chi connectivity index (χ4v) is 2.67. The van der Waals surface area contributed by atoms with E-state index < -0.39 is 5.97 Å². The molecule has 0 bridgehead atoms. The highest BCUT2D eigenvalue weighted by molar-refractivity contribution is 5.88. The molecule has 3 aromatic carbocycles. The zero-order valence-electron chi connectivity index (χ0n) is 14.4. The lowest BCUT2D eigenvalue weighted by Gasteiger charge is -2.05. The molecule has 0 aliphatic heterocycles. The van der Waals surface area contributed by atoms with Crippen LogP contribution in [0.25, 0.3) is 28.4 Å². The number of rotatable bonds is 4. The molecule has 4 rings (SSSR count). The second-order valence-electron chi connectivity index (χ2n) is 5.93. The van der Waals surface area contributed by atoms with Crippen LogP contribution < -0.4 is 4.74 Å². The Morgan fingerprint density at radius 3 is 2.30 bits per heavy atom. The minimum atomic E-state index is -0.419. The molecule has 0 atom stereocenters. The molecular weight excluding hydrogens is 336 g/mol. The topological polar surface area (TPSA) is 52.1 Å². The maximum atomic E-state index is 12.0.